The van der Waals surface area contributed by atoms with Crippen molar-refractivity contribution in [2.45, 2.75) is 43.5 Å². The van der Waals surface area contributed by atoms with Crippen molar-refractivity contribution in [2.75, 3.05) is 6.61 Å². The number of hydrogen-bond acceptors (Lipinski definition) is 3. The number of rotatable bonds is 2. The van der Waals surface area contributed by atoms with Gasteiger partial charge in [-0.3, -0.25) is 4.99 Å². The van der Waals surface area contributed by atoms with Crippen molar-refractivity contribution in [1.29, 1.82) is 0 Å². The first-order valence-corrected chi connectivity index (χ1v) is 7.72. The predicted octanol–water partition coefficient (Wildman–Crippen LogP) is 3.45. The van der Waals surface area contributed by atoms with E-state index in [4.69, 9.17) is 10.5 Å². The van der Waals surface area contributed by atoms with Crippen LogP contribution in [0.4, 0.5) is 13.2 Å². The molecule has 1 fully saturated rings. The van der Waals surface area contributed by atoms with Crippen LogP contribution in [0.2, 0.25) is 0 Å². The standard InChI is InChI=1S/C14H16BrF3N2O/c15-10-3-1-2-9(6-10)13(8-4-5-8)12(14(16,17)18)21-7-11(19)20-13/h3,6,8,12H,1-2,4-5,7H2,(H2,19,20)/t12?,13-/m1/s1. The maximum absolute atomic E-state index is 13.5. The summed E-state index contributed by atoms with van der Waals surface area (Å²) < 4.78 is 46.4. The van der Waals surface area contributed by atoms with Gasteiger partial charge in [0.05, 0.1) is 0 Å². The molecule has 1 unspecified atom stereocenters. The number of nitrogens with two attached hydrogens (primary N) is 1. The molecule has 2 atom stereocenters. The highest BCUT2D eigenvalue weighted by Gasteiger charge is 2.63. The molecule has 2 N–H and O–H groups in total. The molecule has 3 nitrogen and oxygen atoms in total. The number of alkyl halides is 3. The largest absolute Gasteiger partial charge is 0.417 e. The first-order valence-electron chi connectivity index (χ1n) is 6.93. The lowest BCUT2D eigenvalue weighted by Gasteiger charge is -2.43. The van der Waals surface area contributed by atoms with Gasteiger partial charge in [0.15, 0.2) is 6.10 Å². The van der Waals surface area contributed by atoms with Crippen molar-refractivity contribution in [2.24, 2.45) is 16.6 Å². The van der Waals surface area contributed by atoms with Gasteiger partial charge in [0.1, 0.15) is 18.0 Å². The number of halogens is 4. The molecule has 0 spiro atoms. The number of ether oxygens (including phenoxy) is 1. The van der Waals surface area contributed by atoms with E-state index in [1.165, 1.54) is 0 Å². The quantitative estimate of drug-likeness (QED) is 0.815. The first kappa shape index (κ1) is 15.1. The van der Waals surface area contributed by atoms with Crippen LogP contribution in [0, 0.1) is 5.92 Å². The Hall–Kier alpha value is -0.820. The monoisotopic (exact) mass is 364 g/mol. The summed E-state index contributed by atoms with van der Waals surface area (Å²) in [4.78, 5) is 4.31. The fraction of sp³-hybridized carbons (Fsp3) is 0.643. The third-order valence-electron chi connectivity index (χ3n) is 4.20. The molecule has 0 bridgehead atoms. The molecule has 0 aromatic heterocycles. The Bertz CT molecular complexity index is 537. The lowest BCUT2D eigenvalue weighted by atomic mass is 9.75. The van der Waals surface area contributed by atoms with Crippen LogP contribution in [0.5, 0.6) is 0 Å². The summed E-state index contributed by atoms with van der Waals surface area (Å²) in [5.74, 6) is 0.00148. The van der Waals surface area contributed by atoms with Crippen molar-refractivity contribution in [3.8, 4) is 0 Å². The van der Waals surface area contributed by atoms with Gasteiger partial charge in [0.25, 0.3) is 0 Å². The van der Waals surface area contributed by atoms with Crippen LogP contribution in [-0.4, -0.2) is 30.3 Å². The Balaban J connectivity index is 2.13. The molecule has 1 saturated carbocycles. The highest BCUT2D eigenvalue weighted by molar-refractivity contribution is 9.11. The Kier molecular flexibility index (Phi) is 3.68. The van der Waals surface area contributed by atoms with Crippen LogP contribution in [-0.2, 0) is 4.74 Å². The van der Waals surface area contributed by atoms with E-state index in [1.807, 2.05) is 6.08 Å². The first-order chi connectivity index (χ1) is 9.84. The van der Waals surface area contributed by atoms with E-state index in [2.05, 4.69) is 20.9 Å². The van der Waals surface area contributed by atoms with Crippen LogP contribution < -0.4 is 5.73 Å². The van der Waals surface area contributed by atoms with E-state index in [0.717, 1.165) is 17.3 Å². The van der Waals surface area contributed by atoms with Gasteiger partial charge in [-0.05, 0) is 43.3 Å². The van der Waals surface area contributed by atoms with Crippen molar-refractivity contribution < 1.29 is 17.9 Å². The summed E-state index contributed by atoms with van der Waals surface area (Å²) in [7, 11) is 0. The van der Waals surface area contributed by atoms with Gasteiger partial charge >= 0.3 is 6.18 Å². The Morgan fingerprint density at radius 3 is 2.67 bits per heavy atom. The van der Waals surface area contributed by atoms with E-state index in [9.17, 15) is 13.2 Å². The Morgan fingerprint density at radius 2 is 2.10 bits per heavy atom. The number of aliphatic imine (C=N–C) groups is 1. The van der Waals surface area contributed by atoms with Gasteiger partial charge < -0.3 is 10.5 Å². The van der Waals surface area contributed by atoms with Gasteiger partial charge in [-0.15, -0.1) is 0 Å². The van der Waals surface area contributed by atoms with E-state index < -0.39 is 17.8 Å². The second-order valence-electron chi connectivity index (χ2n) is 5.73. The molecule has 3 rings (SSSR count). The number of hydrogen-bond donors (Lipinski definition) is 1. The molecule has 0 radical (unpaired) electrons. The fourth-order valence-electron chi connectivity index (χ4n) is 3.28. The number of nitrogens with zero attached hydrogens (tertiary/aromatic N) is 1. The summed E-state index contributed by atoms with van der Waals surface area (Å²) in [6.07, 6.45) is 0.0432. The van der Waals surface area contributed by atoms with Gasteiger partial charge in [-0.25, -0.2) is 0 Å². The number of amidine groups is 1. The van der Waals surface area contributed by atoms with Crippen molar-refractivity contribution in [3.05, 3.63) is 22.2 Å². The highest BCUT2D eigenvalue weighted by Crippen LogP contribution is 2.55. The molecular weight excluding hydrogens is 349 g/mol. The predicted molar refractivity (Wildman–Crippen MR) is 77.2 cm³/mol. The van der Waals surface area contributed by atoms with Crippen LogP contribution in [0.1, 0.15) is 25.7 Å². The minimum atomic E-state index is -4.46. The zero-order valence-electron chi connectivity index (χ0n) is 11.3. The van der Waals surface area contributed by atoms with Gasteiger partial charge in [-0.1, -0.05) is 22.0 Å². The zero-order chi connectivity index (χ0) is 15.3. The van der Waals surface area contributed by atoms with Crippen molar-refractivity contribution >= 4 is 21.8 Å². The molecular formula is C14H16BrF3N2O. The summed E-state index contributed by atoms with van der Waals surface area (Å²) in [5, 5.41) is 0. The minimum absolute atomic E-state index is 0.146. The molecule has 7 heteroatoms. The van der Waals surface area contributed by atoms with Gasteiger partial charge in [0.2, 0.25) is 0 Å². The second-order valence-corrected chi connectivity index (χ2v) is 6.65. The normalized spacial score (nSPS) is 34.1. The van der Waals surface area contributed by atoms with E-state index >= 15 is 0 Å². The Morgan fingerprint density at radius 1 is 1.38 bits per heavy atom. The SMILES string of the molecule is NC1=N[C@@](C2=CC(Br)=CCC2)(C2CC2)C(C(F)(F)F)OC1. The van der Waals surface area contributed by atoms with Gasteiger partial charge in [0, 0.05) is 4.48 Å². The second kappa shape index (κ2) is 5.12. The fourth-order valence-corrected chi connectivity index (χ4v) is 3.78. The van der Waals surface area contributed by atoms with Crippen LogP contribution in [0.15, 0.2) is 27.2 Å². The molecule has 1 heterocycles. The molecule has 0 aromatic carbocycles. The summed E-state index contributed by atoms with van der Waals surface area (Å²) in [6, 6.07) is 0. The lowest BCUT2D eigenvalue weighted by molar-refractivity contribution is -0.237. The molecule has 3 aliphatic rings. The Labute approximate surface area is 129 Å². The van der Waals surface area contributed by atoms with Crippen molar-refractivity contribution in [3.63, 3.8) is 0 Å². The summed E-state index contributed by atoms with van der Waals surface area (Å²) >= 11 is 3.36. The van der Waals surface area contributed by atoms with Crippen LogP contribution in [0.3, 0.4) is 0 Å². The zero-order valence-corrected chi connectivity index (χ0v) is 12.9. The molecule has 116 valence electrons. The average molecular weight is 365 g/mol. The number of allylic oxidation sites excluding steroid dienone is 3. The molecule has 0 aromatic rings. The van der Waals surface area contributed by atoms with E-state index in [1.54, 1.807) is 6.08 Å². The minimum Gasteiger partial charge on any atom is -0.386 e. The van der Waals surface area contributed by atoms with Gasteiger partial charge in [-0.2, -0.15) is 13.2 Å². The maximum atomic E-state index is 13.5. The van der Waals surface area contributed by atoms with E-state index in [-0.39, 0.29) is 18.4 Å². The van der Waals surface area contributed by atoms with Crippen LogP contribution in [0.25, 0.3) is 0 Å². The smallest absolute Gasteiger partial charge is 0.386 e. The van der Waals surface area contributed by atoms with Crippen LogP contribution >= 0.6 is 15.9 Å². The summed E-state index contributed by atoms with van der Waals surface area (Å²) in [5.41, 5.74) is 5.02. The molecule has 1 aliphatic heterocycles. The highest BCUT2D eigenvalue weighted by atomic mass is 79.9. The molecule has 0 saturated heterocycles. The third kappa shape index (κ3) is 2.65. The van der Waals surface area contributed by atoms with Crippen molar-refractivity contribution in [1.82, 2.24) is 0 Å². The topological polar surface area (TPSA) is 47.6 Å². The molecule has 2 aliphatic carbocycles. The average Bonchev–Trinajstić information content (AvgIpc) is 3.21. The maximum Gasteiger partial charge on any atom is 0.417 e. The third-order valence-corrected chi connectivity index (χ3v) is 4.76. The lowest BCUT2D eigenvalue weighted by Crippen LogP contribution is -2.58. The molecule has 21 heavy (non-hydrogen) atoms. The van der Waals surface area contributed by atoms with E-state index in [0.29, 0.717) is 18.4 Å². The molecule has 0 amide bonds. The summed E-state index contributed by atoms with van der Waals surface area (Å²) in [6.45, 7) is -0.261.